The molecule has 0 aliphatic heterocycles. The Kier molecular flexibility index (Phi) is 4.90. The molecular formula is C41H24N2S. The van der Waals surface area contributed by atoms with Crippen molar-refractivity contribution >= 4 is 85.8 Å². The van der Waals surface area contributed by atoms with Gasteiger partial charge < -0.3 is 0 Å². The van der Waals surface area contributed by atoms with Crippen molar-refractivity contribution in [3.8, 4) is 16.8 Å². The molecule has 3 aromatic heterocycles. The summed E-state index contributed by atoms with van der Waals surface area (Å²) in [5.74, 6) is 0. The minimum absolute atomic E-state index is 0.994. The van der Waals surface area contributed by atoms with Crippen molar-refractivity contribution < 1.29 is 0 Å². The second-order valence-corrected chi connectivity index (χ2v) is 12.7. The van der Waals surface area contributed by atoms with Gasteiger partial charge in [0.05, 0.1) is 5.52 Å². The third kappa shape index (κ3) is 3.33. The molecule has 0 spiro atoms. The number of aromatic nitrogens is 2. The first-order valence-corrected chi connectivity index (χ1v) is 15.8. The molecule has 0 N–H and O–H groups in total. The lowest BCUT2D eigenvalue weighted by molar-refractivity contribution is 1.14. The predicted molar refractivity (Wildman–Crippen MR) is 189 cm³/mol. The zero-order valence-electron chi connectivity index (χ0n) is 23.7. The fraction of sp³-hybridized carbons (Fsp3) is 0. The van der Waals surface area contributed by atoms with E-state index in [1.165, 1.54) is 79.9 Å². The fourth-order valence-corrected chi connectivity index (χ4v) is 8.35. The maximum atomic E-state index is 4.79. The summed E-state index contributed by atoms with van der Waals surface area (Å²) >= 11 is 1.86. The van der Waals surface area contributed by atoms with E-state index in [1.54, 1.807) is 0 Å². The second-order valence-electron chi connectivity index (χ2n) is 11.6. The number of pyridine rings is 1. The summed E-state index contributed by atoms with van der Waals surface area (Å²) in [6.07, 6.45) is 1.88. The summed E-state index contributed by atoms with van der Waals surface area (Å²) in [5, 5.41) is 12.8. The van der Waals surface area contributed by atoms with E-state index in [0.717, 1.165) is 11.3 Å². The molecule has 3 heteroatoms. The molecule has 44 heavy (non-hydrogen) atoms. The van der Waals surface area contributed by atoms with Crippen LogP contribution in [0.1, 0.15) is 0 Å². The van der Waals surface area contributed by atoms with Gasteiger partial charge in [-0.25, -0.2) is 4.98 Å². The van der Waals surface area contributed by atoms with Gasteiger partial charge in [-0.3, -0.25) is 4.57 Å². The lowest BCUT2D eigenvalue weighted by atomic mass is 9.92. The Balaban J connectivity index is 1.15. The maximum absolute atomic E-state index is 4.79. The van der Waals surface area contributed by atoms with Crippen LogP contribution in [0.25, 0.3) is 91.2 Å². The SMILES string of the molecule is c1ccc2c(c1)c1ccccc1c1cc(-c3ccc4sc5cc(-n6c7ccccc7c7cccnc76)ccc5c4c3)ccc21. The van der Waals surface area contributed by atoms with Crippen LogP contribution in [0.5, 0.6) is 0 Å². The zero-order chi connectivity index (χ0) is 28.8. The highest BCUT2D eigenvalue weighted by atomic mass is 32.1. The van der Waals surface area contributed by atoms with Crippen LogP contribution in [0, 0.1) is 0 Å². The molecule has 3 heterocycles. The first-order chi connectivity index (χ1) is 21.8. The van der Waals surface area contributed by atoms with Crippen molar-refractivity contribution in [3.63, 3.8) is 0 Å². The van der Waals surface area contributed by atoms with Gasteiger partial charge in [0, 0.05) is 42.8 Å². The number of nitrogens with zero attached hydrogens (tertiary/aromatic N) is 2. The van der Waals surface area contributed by atoms with Crippen molar-refractivity contribution in [1.29, 1.82) is 0 Å². The number of thiophene rings is 1. The van der Waals surface area contributed by atoms with Crippen LogP contribution in [-0.4, -0.2) is 9.55 Å². The van der Waals surface area contributed by atoms with E-state index in [-0.39, 0.29) is 0 Å². The average Bonchev–Trinajstić information content (AvgIpc) is 3.63. The predicted octanol–water partition coefficient (Wildman–Crippen LogP) is 11.7. The number of rotatable bonds is 2. The van der Waals surface area contributed by atoms with E-state index < -0.39 is 0 Å². The number of hydrogen-bond donors (Lipinski definition) is 0. The summed E-state index contributed by atoms with van der Waals surface area (Å²) in [6, 6.07) is 51.1. The highest BCUT2D eigenvalue weighted by molar-refractivity contribution is 7.25. The van der Waals surface area contributed by atoms with E-state index in [0.29, 0.717) is 0 Å². The molecule has 10 rings (SSSR count). The summed E-state index contributed by atoms with van der Waals surface area (Å²) in [7, 11) is 0. The molecule has 0 unspecified atom stereocenters. The molecule has 0 fully saturated rings. The van der Waals surface area contributed by atoms with Crippen LogP contribution >= 0.6 is 11.3 Å². The van der Waals surface area contributed by atoms with Gasteiger partial charge >= 0.3 is 0 Å². The van der Waals surface area contributed by atoms with Gasteiger partial charge in [-0.1, -0.05) is 91.0 Å². The van der Waals surface area contributed by atoms with Crippen molar-refractivity contribution in [2.24, 2.45) is 0 Å². The maximum Gasteiger partial charge on any atom is 0.145 e. The molecule has 0 saturated carbocycles. The Morgan fingerprint density at radius 3 is 1.77 bits per heavy atom. The average molecular weight is 577 g/mol. The van der Waals surface area contributed by atoms with E-state index in [1.807, 2.05) is 23.6 Å². The molecule has 0 aliphatic rings. The second kappa shape index (κ2) is 9.00. The highest BCUT2D eigenvalue weighted by Crippen LogP contribution is 2.41. The first-order valence-electron chi connectivity index (χ1n) is 15.0. The van der Waals surface area contributed by atoms with Gasteiger partial charge in [-0.05, 0) is 92.0 Å². The Bertz CT molecular complexity index is 2690. The van der Waals surface area contributed by atoms with Gasteiger partial charge in [-0.2, -0.15) is 0 Å². The largest absolute Gasteiger partial charge is 0.294 e. The summed E-state index contributed by atoms with van der Waals surface area (Å²) in [4.78, 5) is 4.79. The monoisotopic (exact) mass is 576 g/mol. The Morgan fingerprint density at radius 1 is 0.409 bits per heavy atom. The summed E-state index contributed by atoms with van der Waals surface area (Å²) in [5.41, 5.74) is 5.80. The molecule has 0 atom stereocenters. The quantitative estimate of drug-likeness (QED) is 0.187. The van der Waals surface area contributed by atoms with Gasteiger partial charge in [0.1, 0.15) is 5.65 Å². The molecule has 2 nitrogen and oxygen atoms in total. The van der Waals surface area contributed by atoms with Crippen molar-refractivity contribution in [2.45, 2.75) is 0 Å². The third-order valence-corrected chi connectivity index (χ3v) is 10.4. The zero-order valence-corrected chi connectivity index (χ0v) is 24.5. The normalized spacial score (nSPS) is 12.1. The lowest BCUT2D eigenvalue weighted by Crippen LogP contribution is -1.94. The molecule has 204 valence electrons. The van der Waals surface area contributed by atoms with Gasteiger partial charge in [0.2, 0.25) is 0 Å². The summed E-state index contributed by atoms with van der Waals surface area (Å²) < 4.78 is 4.88. The minimum atomic E-state index is 0.994. The molecule has 0 bridgehead atoms. The standard InChI is InChI=1S/C41H24N2S/c1-2-10-30-28(8-1)29-9-3-4-11-31(29)36-22-25(15-18-32(30)36)26-16-20-39-37(23-26)34-19-17-27(24-40(34)44-39)43-38-14-6-5-12-33(38)35-13-7-21-42-41(35)43/h1-24H. The Hall–Kier alpha value is -5.51. The van der Waals surface area contributed by atoms with E-state index >= 15 is 0 Å². The number of benzene rings is 7. The first kappa shape index (κ1) is 24.0. The van der Waals surface area contributed by atoms with E-state index in [9.17, 15) is 0 Å². The molecule has 7 aromatic carbocycles. The molecule has 0 radical (unpaired) electrons. The fourth-order valence-electron chi connectivity index (χ4n) is 7.23. The molecule has 0 amide bonds. The minimum Gasteiger partial charge on any atom is -0.294 e. The van der Waals surface area contributed by atoms with Gasteiger partial charge in [0.25, 0.3) is 0 Å². The number of hydrogen-bond acceptors (Lipinski definition) is 2. The highest BCUT2D eigenvalue weighted by Gasteiger charge is 2.15. The molecule has 0 aliphatic carbocycles. The van der Waals surface area contributed by atoms with E-state index in [4.69, 9.17) is 4.98 Å². The van der Waals surface area contributed by atoms with Crippen LogP contribution < -0.4 is 0 Å². The van der Waals surface area contributed by atoms with Crippen LogP contribution in [0.2, 0.25) is 0 Å². The van der Waals surface area contributed by atoms with Gasteiger partial charge in [-0.15, -0.1) is 11.3 Å². The Labute approximate surface area is 257 Å². The van der Waals surface area contributed by atoms with Crippen LogP contribution in [0.4, 0.5) is 0 Å². The van der Waals surface area contributed by atoms with Crippen molar-refractivity contribution in [2.75, 3.05) is 0 Å². The molecular weight excluding hydrogens is 553 g/mol. The third-order valence-electron chi connectivity index (χ3n) is 9.22. The molecule has 0 saturated heterocycles. The van der Waals surface area contributed by atoms with Crippen molar-refractivity contribution in [1.82, 2.24) is 9.55 Å². The van der Waals surface area contributed by atoms with E-state index in [2.05, 4.69) is 138 Å². The van der Waals surface area contributed by atoms with Crippen molar-refractivity contribution in [3.05, 3.63) is 146 Å². The number of fused-ring (bicyclic) bond motifs is 12. The summed E-state index contributed by atoms with van der Waals surface area (Å²) in [6.45, 7) is 0. The Morgan fingerprint density at radius 2 is 1.00 bits per heavy atom. The van der Waals surface area contributed by atoms with Gasteiger partial charge in [0.15, 0.2) is 0 Å². The lowest BCUT2D eigenvalue weighted by Gasteiger charge is -2.12. The smallest absolute Gasteiger partial charge is 0.145 e. The van der Waals surface area contributed by atoms with Crippen LogP contribution in [0.3, 0.4) is 0 Å². The van der Waals surface area contributed by atoms with Crippen LogP contribution in [0.15, 0.2) is 146 Å². The molecule has 10 aromatic rings. The van der Waals surface area contributed by atoms with Crippen LogP contribution in [-0.2, 0) is 0 Å². The topological polar surface area (TPSA) is 17.8 Å². The number of para-hydroxylation sites is 1.